The molecule has 0 saturated carbocycles. The maximum Gasteiger partial charge on any atom is 0.191 e. The second-order valence-corrected chi connectivity index (χ2v) is 5.17. The van der Waals surface area contributed by atoms with Crippen LogP contribution in [0.4, 0.5) is 0 Å². The predicted molar refractivity (Wildman–Crippen MR) is 108 cm³/mol. The van der Waals surface area contributed by atoms with Crippen molar-refractivity contribution < 1.29 is 0 Å². The number of halogens is 1. The molecule has 126 valence electrons. The topological polar surface area (TPSA) is 41.4 Å². The third kappa shape index (κ3) is 6.64. The summed E-state index contributed by atoms with van der Waals surface area (Å²) in [5.41, 5.74) is 2.67. The molecule has 0 aliphatic heterocycles. The molecule has 0 bridgehead atoms. The zero-order valence-corrected chi connectivity index (χ0v) is 16.3. The van der Waals surface area contributed by atoms with Gasteiger partial charge in [0.25, 0.3) is 0 Å². The van der Waals surface area contributed by atoms with Gasteiger partial charge in [0.1, 0.15) is 0 Å². The van der Waals surface area contributed by atoms with Crippen molar-refractivity contribution in [1.29, 1.82) is 0 Å². The fourth-order valence-corrected chi connectivity index (χ4v) is 2.39. The zero-order chi connectivity index (χ0) is 15.6. The first kappa shape index (κ1) is 19.5. The number of nitrogens with zero attached hydrogens (tertiary/aromatic N) is 2. The van der Waals surface area contributed by atoms with Crippen LogP contribution in [0.25, 0.3) is 0 Å². The highest BCUT2D eigenvalue weighted by Crippen LogP contribution is 2.10. The van der Waals surface area contributed by atoms with Gasteiger partial charge in [-0.2, -0.15) is 0 Å². The quantitative estimate of drug-likeness (QED) is 0.405. The van der Waals surface area contributed by atoms with E-state index in [-0.39, 0.29) is 24.0 Å². The van der Waals surface area contributed by atoms with Crippen LogP contribution >= 0.6 is 24.0 Å². The molecule has 4 nitrogen and oxygen atoms in total. The monoisotopic (exact) mass is 426 g/mol. The van der Waals surface area contributed by atoms with E-state index in [1.54, 1.807) is 0 Å². The highest BCUT2D eigenvalue weighted by atomic mass is 127. The summed E-state index contributed by atoms with van der Waals surface area (Å²) >= 11 is 0. The Labute approximate surface area is 156 Å². The van der Waals surface area contributed by atoms with Crippen molar-refractivity contribution in [2.75, 3.05) is 13.1 Å². The Balaban J connectivity index is 0.00000264. The third-order valence-electron chi connectivity index (χ3n) is 3.58. The molecule has 0 saturated heterocycles. The van der Waals surface area contributed by atoms with Gasteiger partial charge in [-0.3, -0.25) is 0 Å². The Kier molecular flexibility index (Phi) is 9.43. The molecule has 1 heterocycles. The Morgan fingerprint density at radius 1 is 1.00 bits per heavy atom. The van der Waals surface area contributed by atoms with E-state index >= 15 is 0 Å². The van der Waals surface area contributed by atoms with E-state index in [4.69, 9.17) is 4.99 Å². The van der Waals surface area contributed by atoms with Crippen LogP contribution in [-0.4, -0.2) is 23.6 Å². The molecule has 2 aromatic rings. The fraction of sp³-hybridized carbons (Fsp3) is 0.389. The molecule has 0 atom stereocenters. The molecular formula is C18H27IN4. The van der Waals surface area contributed by atoms with Gasteiger partial charge in [0.15, 0.2) is 5.96 Å². The molecule has 0 aliphatic rings. The Morgan fingerprint density at radius 2 is 1.70 bits per heavy atom. The van der Waals surface area contributed by atoms with Crippen LogP contribution in [0.2, 0.25) is 0 Å². The van der Waals surface area contributed by atoms with Gasteiger partial charge in [-0.1, -0.05) is 31.2 Å². The maximum absolute atomic E-state index is 4.70. The molecule has 0 fully saturated rings. The summed E-state index contributed by atoms with van der Waals surface area (Å²) in [6.45, 7) is 7.64. The highest BCUT2D eigenvalue weighted by molar-refractivity contribution is 14.0. The minimum atomic E-state index is 0. The first-order valence-electron chi connectivity index (χ1n) is 8.03. The van der Waals surface area contributed by atoms with Gasteiger partial charge >= 0.3 is 0 Å². The largest absolute Gasteiger partial charge is 0.357 e. The molecule has 1 aromatic heterocycles. The standard InChI is InChI=1S/C18H26N4.HI/c1-3-16-9-5-6-10-17(16)15-21-18(19-4-2)20-11-14-22-12-7-8-13-22;/h5-10,12-13H,3-4,11,14-15H2,1-2H3,(H2,19,20,21);1H. The van der Waals surface area contributed by atoms with Crippen LogP contribution in [-0.2, 0) is 19.5 Å². The van der Waals surface area contributed by atoms with E-state index in [9.17, 15) is 0 Å². The van der Waals surface area contributed by atoms with Crippen LogP contribution in [0.15, 0.2) is 53.8 Å². The molecule has 0 radical (unpaired) electrons. The number of benzene rings is 1. The number of hydrogen-bond donors (Lipinski definition) is 2. The molecule has 0 spiro atoms. The number of rotatable bonds is 7. The summed E-state index contributed by atoms with van der Waals surface area (Å²) in [6.07, 6.45) is 5.19. The summed E-state index contributed by atoms with van der Waals surface area (Å²) in [4.78, 5) is 4.70. The molecule has 23 heavy (non-hydrogen) atoms. The molecular weight excluding hydrogens is 399 g/mol. The second-order valence-electron chi connectivity index (χ2n) is 5.17. The summed E-state index contributed by atoms with van der Waals surface area (Å²) < 4.78 is 2.16. The lowest BCUT2D eigenvalue weighted by Crippen LogP contribution is -2.38. The minimum Gasteiger partial charge on any atom is -0.357 e. The Bertz CT molecular complexity index is 578. The van der Waals surface area contributed by atoms with Crippen molar-refractivity contribution in [2.45, 2.75) is 33.4 Å². The lowest BCUT2D eigenvalue weighted by atomic mass is 10.1. The van der Waals surface area contributed by atoms with Crippen molar-refractivity contribution in [3.8, 4) is 0 Å². The van der Waals surface area contributed by atoms with Crippen LogP contribution in [0.3, 0.4) is 0 Å². The lowest BCUT2D eigenvalue weighted by Gasteiger charge is -2.12. The van der Waals surface area contributed by atoms with E-state index < -0.39 is 0 Å². The number of nitrogens with one attached hydrogen (secondary N) is 2. The van der Waals surface area contributed by atoms with Gasteiger partial charge in [0.2, 0.25) is 0 Å². The number of guanidine groups is 1. The number of aryl methyl sites for hydroxylation is 1. The van der Waals surface area contributed by atoms with Crippen LogP contribution in [0, 0.1) is 0 Å². The summed E-state index contributed by atoms with van der Waals surface area (Å²) in [6, 6.07) is 12.6. The molecule has 2 rings (SSSR count). The van der Waals surface area contributed by atoms with Crippen molar-refractivity contribution in [1.82, 2.24) is 15.2 Å². The lowest BCUT2D eigenvalue weighted by molar-refractivity contribution is 0.665. The third-order valence-corrected chi connectivity index (χ3v) is 3.58. The molecule has 1 aromatic carbocycles. The Morgan fingerprint density at radius 3 is 2.35 bits per heavy atom. The van der Waals surface area contributed by atoms with Crippen molar-refractivity contribution >= 4 is 29.9 Å². The highest BCUT2D eigenvalue weighted by Gasteiger charge is 2.01. The van der Waals surface area contributed by atoms with Gasteiger partial charge in [-0.05, 0) is 36.6 Å². The van der Waals surface area contributed by atoms with Gasteiger partial charge in [0.05, 0.1) is 6.54 Å². The summed E-state index contributed by atoms with van der Waals surface area (Å²) in [5.74, 6) is 0.876. The van der Waals surface area contributed by atoms with Gasteiger partial charge in [0, 0.05) is 32.0 Å². The van der Waals surface area contributed by atoms with E-state index in [0.717, 1.165) is 32.0 Å². The maximum atomic E-state index is 4.70. The van der Waals surface area contributed by atoms with Crippen LogP contribution in [0.5, 0.6) is 0 Å². The van der Waals surface area contributed by atoms with Crippen molar-refractivity contribution in [3.63, 3.8) is 0 Å². The van der Waals surface area contributed by atoms with Gasteiger partial charge in [-0.15, -0.1) is 24.0 Å². The minimum absolute atomic E-state index is 0. The molecule has 0 amide bonds. The predicted octanol–water partition coefficient (Wildman–Crippen LogP) is 3.42. The normalized spacial score (nSPS) is 11.0. The Hall–Kier alpha value is -1.50. The number of hydrogen-bond acceptors (Lipinski definition) is 1. The fourth-order valence-electron chi connectivity index (χ4n) is 2.39. The summed E-state index contributed by atoms with van der Waals surface area (Å²) in [5, 5.41) is 6.68. The average Bonchev–Trinajstić information content (AvgIpc) is 3.06. The zero-order valence-electron chi connectivity index (χ0n) is 14.0. The van der Waals surface area contributed by atoms with E-state index in [1.165, 1.54) is 11.1 Å². The van der Waals surface area contributed by atoms with E-state index in [1.807, 2.05) is 12.1 Å². The van der Waals surface area contributed by atoms with Gasteiger partial charge < -0.3 is 15.2 Å². The first-order chi connectivity index (χ1) is 10.8. The molecule has 0 unspecified atom stereocenters. The molecule has 2 N–H and O–H groups in total. The van der Waals surface area contributed by atoms with E-state index in [0.29, 0.717) is 6.54 Å². The smallest absolute Gasteiger partial charge is 0.191 e. The van der Waals surface area contributed by atoms with Crippen LogP contribution < -0.4 is 10.6 Å². The second kappa shape index (κ2) is 11.1. The SMILES string of the molecule is CCNC(=NCc1ccccc1CC)NCCn1cccc1.I. The van der Waals surface area contributed by atoms with E-state index in [2.05, 4.69) is 65.7 Å². The average molecular weight is 426 g/mol. The van der Waals surface area contributed by atoms with Crippen molar-refractivity contribution in [2.24, 2.45) is 4.99 Å². The molecule has 5 heteroatoms. The number of aromatic nitrogens is 1. The first-order valence-corrected chi connectivity index (χ1v) is 8.03. The number of aliphatic imine (C=N–C) groups is 1. The molecule has 0 aliphatic carbocycles. The van der Waals surface area contributed by atoms with Gasteiger partial charge in [-0.25, -0.2) is 4.99 Å². The van der Waals surface area contributed by atoms with Crippen molar-refractivity contribution in [3.05, 3.63) is 59.9 Å². The summed E-state index contributed by atoms with van der Waals surface area (Å²) in [7, 11) is 0. The van der Waals surface area contributed by atoms with Crippen LogP contribution in [0.1, 0.15) is 25.0 Å².